The zero-order valence-corrected chi connectivity index (χ0v) is 11.7. The van der Waals surface area contributed by atoms with Crippen molar-refractivity contribution in [2.75, 3.05) is 18.4 Å². The number of aliphatic carboxylic acids is 1. The van der Waals surface area contributed by atoms with Crippen molar-refractivity contribution < 1.29 is 14.7 Å². The summed E-state index contributed by atoms with van der Waals surface area (Å²) in [5, 5.41) is 15.9. The molecule has 0 aromatic carbocycles. The van der Waals surface area contributed by atoms with E-state index in [1.807, 2.05) is 13.8 Å². The van der Waals surface area contributed by atoms with Crippen molar-refractivity contribution in [3.8, 4) is 0 Å². The Morgan fingerprint density at radius 2 is 2.05 bits per heavy atom. The normalized spacial score (nSPS) is 16.4. The Hall–Kier alpha value is -2.05. The Morgan fingerprint density at radius 1 is 1.40 bits per heavy atom. The monoisotopic (exact) mass is 280 g/mol. The number of likely N-dealkylation sites (tertiary alicyclic amines) is 1. The lowest BCUT2D eigenvalue weighted by molar-refractivity contribution is -0.143. The van der Waals surface area contributed by atoms with Gasteiger partial charge in [-0.2, -0.15) is 5.10 Å². The molecule has 0 radical (unpaired) electrons. The highest BCUT2D eigenvalue weighted by Crippen LogP contribution is 2.18. The highest BCUT2D eigenvalue weighted by molar-refractivity contribution is 5.89. The molecule has 7 nitrogen and oxygen atoms in total. The number of aromatic nitrogens is 2. The first-order chi connectivity index (χ1) is 9.47. The summed E-state index contributed by atoms with van der Waals surface area (Å²) in [6, 6.07) is 0.0455. The quantitative estimate of drug-likeness (QED) is 0.883. The Balaban J connectivity index is 1.87. The number of carbonyl (C=O) groups excluding carboxylic acids is 1. The number of carbonyl (C=O) groups is 2. The molecule has 0 spiro atoms. The maximum absolute atomic E-state index is 12.1. The van der Waals surface area contributed by atoms with Crippen LogP contribution < -0.4 is 5.32 Å². The predicted octanol–water partition coefficient (Wildman–Crippen LogP) is 1.79. The van der Waals surface area contributed by atoms with Crippen LogP contribution in [-0.4, -0.2) is 44.9 Å². The topological polar surface area (TPSA) is 87.5 Å². The van der Waals surface area contributed by atoms with Crippen molar-refractivity contribution in [3.63, 3.8) is 0 Å². The Kier molecular flexibility index (Phi) is 4.26. The Labute approximate surface area is 117 Å². The number of carboxylic acids is 1. The van der Waals surface area contributed by atoms with Crippen molar-refractivity contribution in [2.24, 2.45) is 5.92 Å². The molecule has 110 valence electrons. The predicted molar refractivity (Wildman–Crippen MR) is 73.6 cm³/mol. The highest BCUT2D eigenvalue weighted by atomic mass is 16.4. The SMILES string of the molecule is CC(C)n1cc(NC(=O)N2CCC(C(=O)O)CC2)cn1. The number of piperidine rings is 1. The van der Waals surface area contributed by atoms with E-state index in [0.717, 1.165) is 0 Å². The van der Waals surface area contributed by atoms with Crippen LogP contribution in [0.25, 0.3) is 0 Å². The van der Waals surface area contributed by atoms with E-state index in [4.69, 9.17) is 5.11 Å². The molecule has 1 aliphatic heterocycles. The molecule has 20 heavy (non-hydrogen) atoms. The van der Waals surface area contributed by atoms with Crippen LogP contribution >= 0.6 is 0 Å². The number of amides is 2. The number of carboxylic acid groups (broad SMARTS) is 1. The number of rotatable bonds is 3. The molecule has 0 atom stereocenters. The molecule has 1 aromatic rings. The molecular formula is C13H20N4O3. The van der Waals surface area contributed by atoms with Crippen LogP contribution in [0.3, 0.4) is 0 Å². The lowest BCUT2D eigenvalue weighted by atomic mass is 9.97. The zero-order chi connectivity index (χ0) is 14.7. The van der Waals surface area contributed by atoms with Gasteiger partial charge in [0.2, 0.25) is 0 Å². The number of hydrogen-bond donors (Lipinski definition) is 2. The summed E-state index contributed by atoms with van der Waals surface area (Å²) in [5.41, 5.74) is 0.657. The van der Waals surface area contributed by atoms with Gasteiger partial charge in [0.1, 0.15) is 0 Å². The molecule has 2 rings (SSSR count). The maximum atomic E-state index is 12.1. The molecule has 0 saturated carbocycles. The summed E-state index contributed by atoms with van der Waals surface area (Å²) >= 11 is 0. The van der Waals surface area contributed by atoms with E-state index in [-0.39, 0.29) is 18.0 Å². The van der Waals surface area contributed by atoms with E-state index >= 15 is 0 Å². The van der Waals surface area contributed by atoms with Gasteiger partial charge in [-0.3, -0.25) is 9.48 Å². The average molecular weight is 280 g/mol. The van der Waals surface area contributed by atoms with E-state index < -0.39 is 5.97 Å². The minimum Gasteiger partial charge on any atom is -0.481 e. The van der Waals surface area contributed by atoms with Crippen LogP contribution in [0.2, 0.25) is 0 Å². The van der Waals surface area contributed by atoms with Crippen molar-refractivity contribution in [1.82, 2.24) is 14.7 Å². The van der Waals surface area contributed by atoms with Gasteiger partial charge in [-0.1, -0.05) is 0 Å². The minimum atomic E-state index is -0.775. The van der Waals surface area contributed by atoms with Gasteiger partial charge < -0.3 is 15.3 Å². The number of anilines is 1. The third-order valence-electron chi connectivity index (χ3n) is 3.51. The fraction of sp³-hybridized carbons (Fsp3) is 0.615. The third kappa shape index (κ3) is 3.28. The largest absolute Gasteiger partial charge is 0.481 e. The van der Waals surface area contributed by atoms with Gasteiger partial charge in [0.25, 0.3) is 0 Å². The van der Waals surface area contributed by atoms with Crippen LogP contribution in [0.15, 0.2) is 12.4 Å². The number of hydrogen-bond acceptors (Lipinski definition) is 3. The molecule has 2 heterocycles. The summed E-state index contributed by atoms with van der Waals surface area (Å²) in [5.74, 6) is -1.11. The first kappa shape index (κ1) is 14.4. The van der Waals surface area contributed by atoms with Crippen LogP contribution in [0.4, 0.5) is 10.5 Å². The van der Waals surface area contributed by atoms with E-state index in [1.165, 1.54) is 0 Å². The minimum absolute atomic E-state index is 0.197. The first-order valence-electron chi connectivity index (χ1n) is 6.80. The summed E-state index contributed by atoms with van der Waals surface area (Å²) in [6.45, 7) is 4.97. The van der Waals surface area contributed by atoms with E-state index in [9.17, 15) is 9.59 Å². The highest BCUT2D eigenvalue weighted by Gasteiger charge is 2.27. The molecule has 2 amide bonds. The van der Waals surface area contributed by atoms with Crippen molar-refractivity contribution in [1.29, 1.82) is 0 Å². The smallest absolute Gasteiger partial charge is 0.321 e. The van der Waals surface area contributed by atoms with Gasteiger partial charge in [-0.05, 0) is 26.7 Å². The maximum Gasteiger partial charge on any atom is 0.321 e. The van der Waals surface area contributed by atoms with Gasteiger partial charge in [0, 0.05) is 25.3 Å². The number of nitrogens with zero attached hydrogens (tertiary/aromatic N) is 3. The fourth-order valence-electron chi connectivity index (χ4n) is 2.22. The molecule has 1 aliphatic rings. The van der Waals surface area contributed by atoms with Gasteiger partial charge in [0.15, 0.2) is 0 Å². The van der Waals surface area contributed by atoms with E-state index in [1.54, 1.807) is 22.0 Å². The molecule has 0 unspecified atom stereocenters. The summed E-state index contributed by atoms with van der Waals surface area (Å²) in [7, 11) is 0. The molecule has 7 heteroatoms. The Morgan fingerprint density at radius 3 is 2.55 bits per heavy atom. The van der Waals surface area contributed by atoms with E-state index in [2.05, 4.69) is 10.4 Å². The second kappa shape index (κ2) is 5.94. The summed E-state index contributed by atoms with van der Waals surface area (Å²) in [6.07, 6.45) is 4.41. The lowest BCUT2D eigenvalue weighted by Crippen LogP contribution is -2.42. The van der Waals surface area contributed by atoms with Gasteiger partial charge in [0.05, 0.1) is 17.8 Å². The molecule has 1 saturated heterocycles. The molecule has 2 N–H and O–H groups in total. The van der Waals surface area contributed by atoms with Crippen LogP contribution in [0.5, 0.6) is 0 Å². The van der Waals surface area contributed by atoms with Crippen LogP contribution in [-0.2, 0) is 4.79 Å². The van der Waals surface area contributed by atoms with Crippen molar-refractivity contribution in [2.45, 2.75) is 32.7 Å². The second-order valence-electron chi connectivity index (χ2n) is 5.33. The average Bonchev–Trinajstić information content (AvgIpc) is 2.87. The molecule has 1 fully saturated rings. The van der Waals surface area contributed by atoms with E-state index in [0.29, 0.717) is 31.6 Å². The fourth-order valence-corrected chi connectivity index (χ4v) is 2.22. The molecule has 1 aromatic heterocycles. The van der Waals surface area contributed by atoms with Crippen molar-refractivity contribution in [3.05, 3.63) is 12.4 Å². The lowest BCUT2D eigenvalue weighted by Gasteiger charge is -2.29. The summed E-state index contributed by atoms with van der Waals surface area (Å²) < 4.78 is 1.77. The van der Waals surface area contributed by atoms with Crippen LogP contribution in [0, 0.1) is 5.92 Å². The molecule has 0 bridgehead atoms. The van der Waals surface area contributed by atoms with Gasteiger partial charge >= 0.3 is 12.0 Å². The summed E-state index contributed by atoms with van der Waals surface area (Å²) in [4.78, 5) is 24.6. The number of urea groups is 1. The third-order valence-corrected chi connectivity index (χ3v) is 3.51. The standard InChI is InChI=1S/C13H20N4O3/c1-9(2)17-8-11(7-14-17)15-13(20)16-5-3-10(4-6-16)12(18)19/h7-10H,3-6H2,1-2H3,(H,15,20)(H,18,19). The molecule has 0 aliphatic carbocycles. The van der Waals surface area contributed by atoms with Gasteiger partial charge in [-0.15, -0.1) is 0 Å². The second-order valence-corrected chi connectivity index (χ2v) is 5.33. The van der Waals surface area contributed by atoms with Crippen LogP contribution in [0.1, 0.15) is 32.7 Å². The molecular weight excluding hydrogens is 260 g/mol. The first-order valence-corrected chi connectivity index (χ1v) is 6.80. The zero-order valence-electron chi connectivity index (χ0n) is 11.7. The van der Waals surface area contributed by atoms with Gasteiger partial charge in [-0.25, -0.2) is 4.79 Å². The van der Waals surface area contributed by atoms with Crippen molar-refractivity contribution >= 4 is 17.7 Å². The number of nitrogens with one attached hydrogen (secondary N) is 1. The Bertz CT molecular complexity index is 490.